The standard InChI is InChI=1S/C54H34O/c1-3-16-35(17-4-1)40-30-31-47(42-23-8-7-22-41(40)42)53-45-26-11-9-24-43(45)52(44-25-10-12-27-46(44)53)38-21-15-20-37(32-38)39-33-49(36-18-5-2-6-19-36)54-48-28-13-14-29-50(48)55-51(54)34-39/h1-34H/i1D,3D,4D,9D,10D,11D,12D,16D,17D,24D,25D,26D,27D. The molecule has 0 unspecified atom stereocenters. The Morgan fingerprint density at radius 3 is 1.60 bits per heavy atom. The zero-order valence-corrected chi connectivity index (χ0v) is 29.0. The molecule has 0 bridgehead atoms. The molecule has 10 aromatic carbocycles. The Morgan fingerprint density at radius 2 is 0.873 bits per heavy atom. The van der Waals surface area contributed by atoms with Crippen LogP contribution in [-0.2, 0) is 0 Å². The number of hydrogen-bond acceptors (Lipinski definition) is 1. The van der Waals surface area contributed by atoms with E-state index in [4.69, 9.17) is 16.8 Å². The zero-order chi connectivity index (χ0) is 47.6. The van der Waals surface area contributed by atoms with Gasteiger partial charge in [-0.3, -0.25) is 0 Å². The maximum absolute atomic E-state index is 9.58. The lowest BCUT2D eigenvalue weighted by molar-refractivity contribution is 0.669. The van der Waals surface area contributed by atoms with Gasteiger partial charge in [0.2, 0.25) is 0 Å². The predicted octanol–water partition coefficient (Wildman–Crippen LogP) is 15.4. The fourth-order valence-corrected chi connectivity index (χ4v) is 8.02. The summed E-state index contributed by atoms with van der Waals surface area (Å²) in [5.41, 5.74) is 6.13. The molecule has 1 aromatic heterocycles. The molecule has 0 saturated heterocycles. The average molecular weight is 712 g/mol. The van der Waals surface area contributed by atoms with Crippen molar-refractivity contribution in [1.82, 2.24) is 0 Å². The van der Waals surface area contributed by atoms with Crippen molar-refractivity contribution < 1.29 is 22.2 Å². The lowest BCUT2D eigenvalue weighted by Crippen LogP contribution is -1.93. The van der Waals surface area contributed by atoms with E-state index >= 15 is 0 Å². The van der Waals surface area contributed by atoms with Gasteiger partial charge in [-0.1, -0.05) is 182 Å². The minimum absolute atomic E-state index is 0.0182. The van der Waals surface area contributed by atoms with E-state index < -0.39 is 78.6 Å². The first-order valence-electron chi connectivity index (χ1n) is 24.4. The summed E-state index contributed by atoms with van der Waals surface area (Å²) in [5, 5.41) is 2.91. The number of benzene rings is 10. The number of furan rings is 1. The number of rotatable bonds is 5. The summed E-state index contributed by atoms with van der Waals surface area (Å²) in [6, 6.07) is 33.1. The van der Waals surface area contributed by atoms with Gasteiger partial charge in [0.25, 0.3) is 0 Å². The van der Waals surface area contributed by atoms with Crippen molar-refractivity contribution in [1.29, 1.82) is 0 Å². The van der Waals surface area contributed by atoms with Gasteiger partial charge in [-0.25, -0.2) is 0 Å². The van der Waals surface area contributed by atoms with Gasteiger partial charge in [-0.05, 0) is 112 Å². The highest BCUT2D eigenvalue weighted by Crippen LogP contribution is 2.47. The van der Waals surface area contributed by atoms with Crippen LogP contribution in [0, 0.1) is 0 Å². The molecule has 0 aliphatic heterocycles. The van der Waals surface area contributed by atoms with Crippen molar-refractivity contribution in [3.8, 4) is 55.6 Å². The van der Waals surface area contributed by atoms with Crippen molar-refractivity contribution in [2.45, 2.75) is 0 Å². The molecule has 256 valence electrons. The van der Waals surface area contributed by atoms with Crippen molar-refractivity contribution in [2.24, 2.45) is 0 Å². The highest BCUT2D eigenvalue weighted by atomic mass is 16.3. The number of fused-ring (bicyclic) bond motifs is 6. The maximum atomic E-state index is 9.58. The molecular weight excluding hydrogens is 665 g/mol. The zero-order valence-electron chi connectivity index (χ0n) is 42.0. The minimum Gasteiger partial charge on any atom is -0.456 e. The van der Waals surface area contributed by atoms with E-state index in [-0.39, 0.29) is 38.2 Å². The van der Waals surface area contributed by atoms with E-state index in [2.05, 4.69) is 6.07 Å². The fraction of sp³-hybridized carbons (Fsp3) is 0. The van der Waals surface area contributed by atoms with Crippen molar-refractivity contribution in [3.63, 3.8) is 0 Å². The third-order valence-corrected chi connectivity index (χ3v) is 10.4. The molecule has 0 spiro atoms. The summed E-state index contributed by atoms with van der Waals surface area (Å²) in [5.74, 6) is 0. The molecule has 11 aromatic rings. The summed E-state index contributed by atoms with van der Waals surface area (Å²) in [4.78, 5) is 0. The van der Waals surface area contributed by atoms with Crippen LogP contribution < -0.4 is 0 Å². The van der Waals surface area contributed by atoms with E-state index in [1.165, 1.54) is 0 Å². The van der Waals surface area contributed by atoms with Gasteiger partial charge in [0, 0.05) is 10.8 Å². The molecule has 0 atom stereocenters. The largest absolute Gasteiger partial charge is 0.456 e. The Balaban J connectivity index is 1.26. The van der Waals surface area contributed by atoms with Crippen LogP contribution in [0.15, 0.2) is 210 Å². The summed E-state index contributed by atoms with van der Waals surface area (Å²) in [6.07, 6.45) is 0. The highest BCUT2D eigenvalue weighted by Gasteiger charge is 2.20. The van der Waals surface area contributed by atoms with Gasteiger partial charge in [-0.15, -0.1) is 0 Å². The Morgan fingerprint density at radius 1 is 0.309 bits per heavy atom. The molecule has 0 saturated carbocycles. The Kier molecular flexibility index (Phi) is 4.83. The Bertz CT molecular complexity index is 3900. The third-order valence-electron chi connectivity index (χ3n) is 10.4. The fourth-order valence-electron chi connectivity index (χ4n) is 8.02. The normalized spacial score (nSPS) is 14.9. The maximum Gasteiger partial charge on any atom is 0.136 e. The van der Waals surface area contributed by atoms with E-state index in [1.807, 2.05) is 78.9 Å². The molecule has 0 amide bonds. The van der Waals surface area contributed by atoms with Crippen LogP contribution in [0.25, 0.3) is 110 Å². The number of hydrogen-bond donors (Lipinski definition) is 0. The minimum atomic E-state index is -0.545. The summed E-state index contributed by atoms with van der Waals surface area (Å²) >= 11 is 0. The van der Waals surface area contributed by atoms with Crippen LogP contribution in [0.5, 0.6) is 0 Å². The van der Waals surface area contributed by atoms with Crippen LogP contribution in [0.2, 0.25) is 0 Å². The van der Waals surface area contributed by atoms with Crippen molar-refractivity contribution in [2.75, 3.05) is 0 Å². The van der Waals surface area contributed by atoms with E-state index in [0.29, 0.717) is 38.6 Å². The van der Waals surface area contributed by atoms with E-state index in [0.717, 1.165) is 33.0 Å². The first kappa shape index (κ1) is 20.9. The van der Waals surface area contributed by atoms with Crippen LogP contribution in [0.3, 0.4) is 0 Å². The van der Waals surface area contributed by atoms with Gasteiger partial charge in [-0.2, -0.15) is 0 Å². The first-order chi connectivity index (χ1) is 32.7. The van der Waals surface area contributed by atoms with Crippen molar-refractivity contribution >= 4 is 54.3 Å². The van der Waals surface area contributed by atoms with Crippen LogP contribution in [-0.4, -0.2) is 0 Å². The summed E-state index contributed by atoms with van der Waals surface area (Å²) in [7, 11) is 0. The molecule has 1 heterocycles. The highest BCUT2D eigenvalue weighted by molar-refractivity contribution is 6.24. The van der Waals surface area contributed by atoms with Crippen LogP contribution in [0.1, 0.15) is 17.8 Å². The van der Waals surface area contributed by atoms with Gasteiger partial charge in [0.05, 0.1) is 17.8 Å². The predicted molar refractivity (Wildman–Crippen MR) is 233 cm³/mol. The second kappa shape index (κ2) is 12.7. The Hall–Kier alpha value is -7.22. The first-order valence-corrected chi connectivity index (χ1v) is 17.9. The summed E-state index contributed by atoms with van der Waals surface area (Å²) in [6.45, 7) is 0. The SMILES string of the molecule is [2H]c1c([2H])c([2H])c(-c2ccc(-c3c4c([2H])c([2H])c([2H])c([2H])c4c(-c4cccc(-c5cc(-c6ccccc6)c6c(c5)oc5ccccc56)c4)c4c([2H])c([2H])c([2H])c([2H])c34)c3ccccc23)c([2H])c1[2H]. The molecule has 55 heavy (non-hydrogen) atoms. The molecule has 0 aliphatic carbocycles. The van der Waals surface area contributed by atoms with Gasteiger partial charge >= 0.3 is 0 Å². The Labute approximate surface area is 337 Å². The molecule has 11 rings (SSSR count). The quantitative estimate of drug-likeness (QED) is 0.162. The lowest BCUT2D eigenvalue weighted by Gasteiger charge is -2.20. The third kappa shape index (κ3) is 5.09. The molecule has 0 N–H and O–H groups in total. The number of para-hydroxylation sites is 1. The van der Waals surface area contributed by atoms with E-state index in [1.54, 1.807) is 42.5 Å². The smallest absolute Gasteiger partial charge is 0.136 e. The molecule has 0 aliphatic rings. The lowest BCUT2D eigenvalue weighted by atomic mass is 9.83. The summed E-state index contributed by atoms with van der Waals surface area (Å²) < 4.78 is 123. The molecule has 0 radical (unpaired) electrons. The second-order valence-corrected chi connectivity index (χ2v) is 13.4. The van der Waals surface area contributed by atoms with Gasteiger partial charge in [0.15, 0.2) is 0 Å². The van der Waals surface area contributed by atoms with Crippen LogP contribution >= 0.6 is 0 Å². The molecule has 0 fully saturated rings. The molecule has 1 heteroatoms. The second-order valence-electron chi connectivity index (χ2n) is 13.4. The van der Waals surface area contributed by atoms with Crippen LogP contribution in [0.4, 0.5) is 0 Å². The monoisotopic (exact) mass is 711 g/mol. The van der Waals surface area contributed by atoms with Crippen molar-refractivity contribution in [3.05, 3.63) is 206 Å². The van der Waals surface area contributed by atoms with Gasteiger partial charge in [0.1, 0.15) is 11.2 Å². The molecular formula is C54H34O. The average Bonchev–Trinajstić information content (AvgIpc) is 3.75. The topological polar surface area (TPSA) is 13.1 Å². The van der Waals surface area contributed by atoms with E-state index in [9.17, 15) is 5.48 Å². The molecule has 1 nitrogen and oxygen atoms in total. The van der Waals surface area contributed by atoms with Gasteiger partial charge < -0.3 is 4.42 Å².